The SMILES string of the molecule is CS(=O)(=O)c1nc2ccccc2n1CC(=O)Nc1cc(Cl)ccc1F. The van der Waals surface area contributed by atoms with E-state index in [1.165, 1.54) is 16.7 Å². The second-order valence-corrected chi connectivity index (χ2v) is 7.76. The van der Waals surface area contributed by atoms with E-state index in [1.807, 2.05) is 0 Å². The Morgan fingerprint density at radius 1 is 1.28 bits per heavy atom. The number of fused-ring (bicyclic) bond motifs is 1. The molecule has 6 nitrogen and oxygen atoms in total. The molecule has 1 N–H and O–H groups in total. The summed E-state index contributed by atoms with van der Waals surface area (Å²) in [6, 6.07) is 10.5. The lowest BCUT2D eigenvalue weighted by Gasteiger charge is -2.10. The van der Waals surface area contributed by atoms with Crippen molar-refractivity contribution in [3.63, 3.8) is 0 Å². The first-order chi connectivity index (χ1) is 11.8. The molecule has 3 rings (SSSR count). The van der Waals surface area contributed by atoms with Crippen LogP contribution in [-0.4, -0.2) is 30.1 Å². The van der Waals surface area contributed by atoms with Crippen molar-refractivity contribution >= 4 is 44.1 Å². The molecule has 0 radical (unpaired) electrons. The van der Waals surface area contributed by atoms with Crippen LogP contribution in [0, 0.1) is 5.82 Å². The molecular weight excluding hydrogens is 369 g/mol. The quantitative estimate of drug-likeness (QED) is 0.753. The molecule has 2 aromatic carbocycles. The maximum absolute atomic E-state index is 13.7. The summed E-state index contributed by atoms with van der Waals surface area (Å²) < 4.78 is 39.0. The highest BCUT2D eigenvalue weighted by molar-refractivity contribution is 7.90. The normalized spacial score (nSPS) is 11.6. The predicted octanol–water partition coefficient (Wildman–Crippen LogP) is 2.87. The molecule has 0 bridgehead atoms. The van der Waals surface area contributed by atoms with Gasteiger partial charge >= 0.3 is 0 Å². The zero-order valence-electron chi connectivity index (χ0n) is 13.0. The molecule has 0 aliphatic carbocycles. The number of anilines is 1. The number of imidazole rings is 1. The second-order valence-electron chi connectivity index (χ2n) is 5.41. The van der Waals surface area contributed by atoms with Crippen LogP contribution < -0.4 is 5.32 Å². The zero-order valence-corrected chi connectivity index (χ0v) is 14.6. The third-order valence-electron chi connectivity index (χ3n) is 3.46. The number of carbonyl (C=O) groups is 1. The molecule has 0 spiro atoms. The number of rotatable bonds is 4. The number of halogens is 2. The maximum Gasteiger partial charge on any atom is 0.244 e. The summed E-state index contributed by atoms with van der Waals surface area (Å²) in [4.78, 5) is 16.4. The number of aromatic nitrogens is 2. The summed E-state index contributed by atoms with van der Waals surface area (Å²) in [6.07, 6.45) is 1.01. The molecule has 1 amide bonds. The van der Waals surface area contributed by atoms with E-state index in [-0.39, 0.29) is 22.4 Å². The van der Waals surface area contributed by atoms with Gasteiger partial charge in [0.2, 0.25) is 20.9 Å². The van der Waals surface area contributed by atoms with Gasteiger partial charge in [-0.15, -0.1) is 0 Å². The van der Waals surface area contributed by atoms with Gasteiger partial charge in [-0.2, -0.15) is 0 Å². The molecule has 1 heterocycles. The highest BCUT2D eigenvalue weighted by Crippen LogP contribution is 2.22. The van der Waals surface area contributed by atoms with Gasteiger partial charge in [0.05, 0.1) is 16.7 Å². The summed E-state index contributed by atoms with van der Waals surface area (Å²) in [7, 11) is -3.65. The summed E-state index contributed by atoms with van der Waals surface area (Å²) in [6.45, 7) is -0.338. The number of hydrogen-bond acceptors (Lipinski definition) is 4. The van der Waals surface area contributed by atoms with Gasteiger partial charge < -0.3 is 9.88 Å². The van der Waals surface area contributed by atoms with Crippen molar-refractivity contribution in [1.82, 2.24) is 9.55 Å². The molecule has 0 fully saturated rings. The standard InChI is InChI=1S/C16H13ClFN3O3S/c1-25(23,24)16-20-12-4-2-3-5-14(12)21(16)9-15(22)19-13-8-10(17)6-7-11(13)18/h2-8H,9H2,1H3,(H,19,22). The minimum Gasteiger partial charge on any atom is -0.322 e. The van der Waals surface area contributed by atoms with Crippen molar-refractivity contribution in [3.8, 4) is 0 Å². The Morgan fingerprint density at radius 3 is 2.72 bits per heavy atom. The Morgan fingerprint density at radius 2 is 2.00 bits per heavy atom. The van der Waals surface area contributed by atoms with Crippen LogP contribution in [0.1, 0.15) is 0 Å². The van der Waals surface area contributed by atoms with Gasteiger partial charge in [-0.25, -0.2) is 17.8 Å². The van der Waals surface area contributed by atoms with E-state index in [9.17, 15) is 17.6 Å². The van der Waals surface area contributed by atoms with Gasteiger partial charge in [0, 0.05) is 11.3 Å². The molecule has 0 saturated heterocycles. The fourth-order valence-electron chi connectivity index (χ4n) is 2.42. The van der Waals surface area contributed by atoms with E-state index in [0.717, 1.165) is 12.3 Å². The van der Waals surface area contributed by atoms with Crippen molar-refractivity contribution in [3.05, 3.63) is 53.3 Å². The van der Waals surface area contributed by atoms with Gasteiger partial charge in [-0.05, 0) is 30.3 Å². The number of hydrogen-bond donors (Lipinski definition) is 1. The number of para-hydroxylation sites is 2. The Labute approximate surface area is 148 Å². The van der Waals surface area contributed by atoms with Crippen LogP contribution in [0.5, 0.6) is 0 Å². The van der Waals surface area contributed by atoms with E-state index >= 15 is 0 Å². The largest absolute Gasteiger partial charge is 0.322 e. The second kappa shape index (κ2) is 6.45. The summed E-state index contributed by atoms with van der Waals surface area (Å²) in [5.74, 6) is -1.24. The predicted molar refractivity (Wildman–Crippen MR) is 92.9 cm³/mol. The van der Waals surface area contributed by atoms with Gasteiger partial charge in [0.25, 0.3) is 0 Å². The Balaban J connectivity index is 1.97. The smallest absolute Gasteiger partial charge is 0.244 e. The van der Waals surface area contributed by atoms with Crippen LogP contribution >= 0.6 is 11.6 Å². The lowest BCUT2D eigenvalue weighted by molar-refractivity contribution is -0.116. The van der Waals surface area contributed by atoms with Gasteiger partial charge in [-0.3, -0.25) is 4.79 Å². The Hall–Kier alpha value is -2.45. The fourth-order valence-corrected chi connectivity index (χ4v) is 3.42. The summed E-state index contributed by atoms with van der Waals surface area (Å²) >= 11 is 5.79. The van der Waals surface area contributed by atoms with Crippen LogP contribution in [0.2, 0.25) is 5.02 Å². The average Bonchev–Trinajstić information content (AvgIpc) is 2.90. The van der Waals surface area contributed by atoms with Crippen LogP contribution in [-0.2, 0) is 21.2 Å². The monoisotopic (exact) mass is 381 g/mol. The molecule has 25 heavy (non-hydrogen) atoms. The van der Waals surface area contributed by atoms with Gasteiger partial charge in [0.1, 0.15) is 12.4 Å². The van der Waals surface area contributed by atoms with Crippen molar-refractivity contribution in [2.45, 2.75) is 11.7 Å². The molecular formula is C16H13ClFN3O3S. The lowest BCUT2D eigenvalue weighted by Crippen LogP contribution is -2.21. The number of nitrogens with one attached hydrogen (secondary N) is 1. The first kappa shape index (κ1) is 17.4. The first-order valence-corrected chi connectivity index (χ1v) is 9.43. The molecule has 0 aliphatic heterocycles. The van der Waals surface area contributed by atoms with Crippen molar-refractivity contribution < 1.29 is 17.6 Å². The maximum atomic E-state index is 13.7. The molecule has 130 valence electrons. The third kappa shape index (κ3) is 3.64. The molecule has 0 atom stereocenters. The summed E-state index contributed by atoms with van der Waals surface area (Å²) in [5, 5.41) is 2.43. The first-order valence-electron chi connectivity index (χ1n) is 7.16. The number of amides is 1. The highest BCUT2D eigenvalue weighted by Gasteiger charge is 2.21. The number of carbonyl (C=O) groups excluding carboxylic acids is 1. The van der Waals surface area contributed by atoms with E-state index in [4.69, 9.17) is 11.6 Å². The van der Waals surface area contributed by atoms with E-state index in [1.54, 1.807) is 24.3 Å². The minimum absolute atomic E-state index is 0.0807. The van der Waals surface area contributed by atoms with E-state index in [2.05, 4.69) is 10.3 Å². The number of benzene rings is 2. The van der Waals surface area contributed by atoms with Crippen LogP contribution in [0.25, 0.3) is 11.0 Å². The molecule has 0 unspecified atom stereocenters. The van der Waals surface area contributed by atoms with Gasteiger partial charge in [0.15, 0.2) is 0 Å². The van der Waals surface area contributed by atoms with Crippen LogP contribution in [0.4, 0.5) is 10.1 Å². The minimum atomic E-state index is -3.65. The lowest BCUT2D eigenvalue weighted by atomic mass is 10.3. The Kier molecular flexibility index (Phi) is 4.49. The number of sulfone groups is 1. The average molecular weight is 382 g/mol. The highest BCUT2D eigenvalue weighted by atomic mass is 35.5. The van der Waals surface area contributed by atoms with Gasteiger partial charge in [-0.1, -0.05) is 23.7 Å². The van der Waals surface area contributed by atoms with E-state index < -0.39 is 21.6 Å². The Bertz CT molecular complexity index is 1080. The van der Waals surface area contributed by atoms with Crippen molar-refractivity contribution in [1.29, 1.82) is 0 Å². The van der Waals surface area contributed by atoms with Crippen LogP contribution in [0.15, 0.2) is 47.6 Å². The fraction of sp³-hybridized carbons (Fsp3) is 0.125. The number of nitrogens with zero attached hydrogens (tertiary/aromatic N) is 2. The van der Waals surface area contributed by atoms with Crippen molar-refractivity contribution in [2.75, 3.05) is 11.6 Å². The molecule has 3 aromatic rings. The molecule has 0 saturated carbocycles. The summed E-state index contributed by atoms with van der Waals surface area (Å²) in [5.41, 5.74) is 0.858. The zero-order chi connectivity index (χ0) is 18.2. The third-order valence-corrected chi connectivity index (χ3v) is 4.67. The molecule has 9 heteroatoms. The molecule has 0 aliphatic rings. The molecule has 1 aromatic heterocycles. The van der Waals surface area contributed by atoms with Crippen LogP contribution in [0.3, 0.4) is 0 Å². The van der Waals surface area contributed by atoms with E-state index in [0.29, 0.717) is 11.0 Å². The topological polar surface area (TPSA) is 81.1 Å². The van der Waals surface area contributed by atoms with Crippen molar-refractivity contribution in [2.24, 2.45) is 0 Å².